The second-order valence-electron chi connectivity index (χ2n) is 7.02. The molecule has 2 fully saturated rings. The van der Waals surface area contributed by atoms with E-state index in [0.717, 1.165) is 36.9 Å². The Morgan fingerprint density at radius 3 is 2.46 bits per heavy atom. The van der Waals surface area contributed by atoms with Crippen LogP contribution in [0.3, 0.4) is 0 Å². The summed E-state index contributed by atoms with van der Waals surface area (Å²) < 4.78 is 0. The molecule has 2 aromatic rings. The monoisotopic (exact) mass is 322 g/mol. The first-order valence-electron chi connectivity index (χ1n) is 8.81. The van der Waals surface area contributed by atoms with E-state index in [-0.39, 0.29) is 17.5 Å². The molecule has 2 aliphatic rings. The van der Waals surface area contributed by atoms with E-state index >= 15 is 0 Å². The normalized spacial score (nSPS) is 18.7. The Bertz CT molecular complexity index is 789. The molecule has 1 unspecified atom stereocenters. The lowest BCUT2D eigenvalue weighted by molar-refractivity contribution is 0.0900. The van der Waals surface area contributed by atoms with Crippen molar-refractivity contribution in [3.63, 3.8) is 0 Å². The van der Waals surface area contributed by atoms with Crippen LogP contribution < -0.4 is 10.9 Å². The molecule has 24 heavy (non-hydrogen) atoms. The van der Waals surface area contributed by atoms with E-state index in [1.54, 1.807) is 0 Å². The molecule has 0 radical (unpaired) electrons. The molecule has 1 aromatic heterocycles. The van der Waals surface area contributed by atoms with E-state index < -0.39 is 0 Å². The Morgan fingerprint density at radius 1 is 1.08 bits per heavy atom. The van der Waals surface area contributed by atoms with Crippen molar-refractivity contribution in [3.8, 4) is 0 Å². The van der Waals surface area contributed by atoms with Crippen molar-refractivity contribution in [1.29, 1.82) is 0 Å². The number of hydrogen-bond acceptors (Lipinski definition) is 2. The Labute approximate surface area is 141 Å². The van der Waals surface area contributed by atoms with Crippen molar-refractivity contribution in [2.75, 3.05) is 0 Å². The molecule has 124 valence electrons. The van der Waals surface area contributed by atoms with Gasteiger partial charge in [-0.2, -0.15) is 0 Å². The van der Waals surface area contributed by atoms with Gasteiger partial charge in [0.25, 0.3) is 5.91 Å². The van der Waals surface area contributed by atoms with Gasteiger partial charge in [-0.25, -0.2) is 0 Å². The summed E-state index contributed by atoms with van der Waals surface area (Å²) in [6.07, 6.45) is 5.69. The summed E-state index contributed by atoms with van der Waals surface area (Å²) in [4.78, 5) is 27.5. The molecular formula is C20H22N2O2. The average Bonchev–Trinajstić information content (AvgIpc) is 3.37. The summed E-state index contributed by atoms with van der Waals surface area (Å²) in [5.41, 5.74) is 2.32. The third kappa shape index (κ3) is 3.14. The minimum Gasteiger partial charge on any atom is -0.345 e. The Hall–Kier alpha value is -2.36. The zero-order valence-electron chi connectivity index (χ0n) is 13.6. The molecule has 1 amide bonds. The van der Waals surface area contributed by atoms with Crippen LogP contribution in [0.5, 0.6) is 0 Å². The van der Waals surface area contributed by atoms with Crippen LogP contribution in [0.1, 0.15) is 65.7 Å². The molecule has 1 aromatic carbocycles. The molecule has 1 atom stereocenters. The molecule has 0 saturated heterocycles. The first-order valence-corrected chi connectivity index (χ1v) is 8.81. The SMILES string of the molecule is O=C(NC(c1ccccc1)C1CCC1)c1cc(C2CC2)[nH]c(=O)c1. The first kappa shape index (κ1) is 15.2. The van der Waals surface area contributed by atoms with Gasteiger partial charge in [0, 0.05) is 17.3 Å². The topological polar surface area (TPSA) is 62.0 Å². The second kappa shape index (κ2) is 6.27. The van der Waals surface area contributed by atoms with E-state index in [1.165, 1.54) is 12.5 Å². The van der Waals surface area contributed by atoms with Gasteiger partial charge in [0.1, 0.15) is 0 Å². The Morgan fingerprint density at radius 2 is 1.83 bits per heavy atom. The lowest BCUT2D eigenvalue weighted by Crippen LogP contribution is -2.36. The fourth-order valence-electron chi connectivity index (χ4n) is 3.44. The lowest BCUT2D eigenvalue weighted by atomic mass is 9.77. The summed E-state index contributed by atoms with van der Waals surface area (Å²) in [7, 11) is 0. The number of aromatic amines is 1. The highest BCUT2D eigenvalue weighted by molar-refractivity contribution is 5.94. The van der Waals surface area contributed by atoms with Crippen LogP contribution in [0.2, 0.25) is 0 Å². The van der Waals surface area contributed by atoms with E-state index in [2.05, 4.69) is 22.4 Å². The Kier molecular flexibility index (Phi) is 3.97. The summed E-state index contributed by atoms with van der Waals surface area (Å²) in [6, 6.07) is 13.4. The fourth-order valence-corrected chi connectivity index (χ4v) is 3.44. The number of H-pyrrole nitrogens is 1. The molecule has 4 heteroatoms. The van der Waals surface area contributed by atoms with Gasteiger partial charge in [-0.1, -0.05) is 36.8 Å². The number of pyridine rings is 1. The molecule has 2 N–H and O–H groups in total. The van der Waals surface area contributed by atoms with Gasteiger partial charge in [-0.3, -0.25) is 9.59 Å². The maximum atomic E-state index is 12.8. The third-order valence-corrected chi connectivity index (χ3v) is 5.21. The number of carbonyl (C=O) groups is 1. The van der Waals surface area contributed by atoms with E-state index in [4.69, 9.17) is 0 Å². The largest absolute Gasteiger partial charge is 0.345 e. The molecule has 4 nitrogen and oxygen atoms in total. The van der Waals surface area contributed by atoms with Gasteiger partial charge >= 0.3 is 0 Å². The number of rotatable bonds is 5. The maximum absolute atomic E-state index is 12.8. The van der Waals surface area contributed by atoms with E-state index in [0.29, 0.717) is 17.4 Å². The minimum absolute atomic E-state index is 0.0242. The number of carbonyl (C=O) groups excluding carboxylic acids is 1. The highest BCUT2D eigenvalue weighted by Gasteiger charge is 2.30. The predicted octanol–water partition coefficient (Wildman–Crippen LogP) is 3.52. The van der Waals surface area contributed by atoms with Crippen LogP contribution in [-0.4, -0.2) is 10.9 Å². The number of nitrogens with one attached hydrogen (secondary N) is 2. The van der Waals surface area contributed by atoms with Gasteiger partial charge in [0.15, 0.2) is 0 Å². The van der Waals surface area contributed by atoms with Crippen LogP contribution in [0, 0.1) is 5.92 Å². The molecule has 0 bridgehead atoms. The van der Waals surface area contributed by atoms with Gasteiger partial charge in [0.05, 0.1) is 6.04 Å². The molecule has 1 heterocycles. The van der Waals surface area contributed by atoms with E-state index in [1.807, 2.05) is 24.3 Å². The zero-order chi connectivity index (χ0) is 16.5. The number of amides is 1. The predicted molar refractivity (Wildman–Crippen MR) is 93.0 cm³/mol. The van der Waals surface area contributed by atoms with Crippen molar-refractivity contribution in [3.05, 3.63) is 69.6 Å². The van der Waals surface area contributed by atoms with Crippen molar-refractivity contribution >= 4 is 5.91 Å². The second-order valence-corrected chi connectivity index (χ2v) is 7.02. The summed E-state index contributed by atoms with van der Waals surface area (Å²) in [6.45, 7) is 0. The summed E-state index contributed by atoms with van der Waals surface area (Å²) >= 11 is 0. The standard InChI is InChI=1S/C20H22N2O2/c23-18-12-16(11-17(21-18)13-9-10-13)20(24)22-19(15-7-4-8-15)14-5-2-1-3-6-14/h1-3,5-6,11-13,15,19H,4,7-10H2,(H,21,23)(H,22,24). The van der Waals surface area contributed by atoms with Gasteiger partial charge in [-0.05, 0) is 49.1 Å². The highest BCUT2D eigenvalue weighted by Crippen LogP contribution is 2.39. The molecule has 2 saturated carbocycles. The van der Waals surface area contributed by atoms with Crippen LogP contribution in [0.15, 0.2) is 47.3 Å². The number of hydrogen-bond donors (Lipinski definition) is 2. The highest BCUT2D eigenvalue weighted by atomic mass is 16.2. The zero-order valence-corrected chi connectivity index (χ0v) is 13.6. The van der Waals surface area contributed by atoms with Crippen LogP contribution in [-0.2, 0) is 0 Å². The Balaban J connectivity index is 1.58. The van der Waals surface area contributed by atoms with E-state index in [9.17, 15) is 9.59 Å². The quantitative estimate of drug-likeness (QED) is 0.884. The van der Waals surface area contributed by atoms with Crippen molar-refractivity contribution < 1.29 is 4.79 Å². The van der Waals surface area contributed by atoms with Crippen molar-refractivity contribution in [2.24, 2.45) is 5.92 Å². The van der Waals surface area contributed by atoms with Crippen LogP contribution in [0.4, 0.5) is 0 Å². The summed E-state index contributed by atoms with van der Waals surface area (Å²) in [5, 5.41) is 3.17. The minimum atomic E-state index is -0.190. The average molecular weight is 322 g/mol. The van der Waals surface area contributed by atoms with Crippen molar-refractivity contribution in [1.82, 2.24) is 10.3 Å². The molecular weight excluding hydrogens is 300 g/mol. The summed E-state index contributed by atoms with van der Waals surface area (Å²) in [5.74, 6) is 0.756. The lowest BCUT2D eigenvalue weighted by Gasteiger charge is -2.34. The number of benzene rings is 1. The van der Waals surface area contributed by atoms with Gasteiger partial charge < -0.3 is 10.3 Å². The first-order chi connectivity index (χ1) is 11.7. The fraction of sp³-hybridized carbons (Fsp3) is 0.400. The number of aromatic nitrogens is 1. The van der Waals surface area contributed by atoms with Gasteiger partial charge in [0.2, 0.25) is 5.56 Å². The molecule has 0 aliphatic heterocycles. The van der Waals surface area contributed by atoms with Crippen LogP contribution >= 0.6 is 0 Å². The van der Waals surface area contributed by atoms with Crippen molar-refractivity contribution in [2.45, 2.75) is 44.1 Å². The molecule has 4 rings (SSSR count). The van der Waals surface area contributed by atoms with Gasteiger partial charge in [-0.15, -0.1) is 0 Å². The third-order valence-electron chi connectivity index (χ3n) is 5.21. The maximum Gasteiger partial charge on any atom is 0.252 e. The molecule has 2 aliphatic carbocycles. The molecule has 0 spiro atoms. The van der Waals surface area contributed by atoms with Crippen LogP contribution in [0.25, 0.3) is 0 Å². The smallest absolute Gasteiger partial charge is 0.252 e.